The van der Waals surface area contributed by atoms with Gasteiger partial charge < -0.3 is 14.4 Å². The lowest BCUT2D eigenvalue weighted by atomic mass is 10.1. The Kier molecular flexibility index (Phi) is 5.66. The highest BCUT2D eigenvalue weighted by Gasteiger charge is 2.20. The molecule has 0 aliphatic carbocycles. The van der Waals surface area contributed by atoms with Crippen LogP contribution in [0.5, 0.6) is 11.5 Å². The van der Waals surface area contributed by atoms with Gasteiger partial charge in [0.15, 0.2) is 0 Å². The van der Waals surface area contributed by atoms with Gasteiger partial charge in [-0.2, -0.15) is 5.10 Å². The summed E-state index contributed by atoms with van der Waals surface area (Å²) in [6.07, 6.45) is 1.61. The van der Waals surface area contributed by atoms with E-state index in [4.69, 9.17) is 9.47 Å². The molecule has 6 heteroatoms. The van der Waals surface area contributed by atoms with Crippen LogP contribution in [0.4, 0.5) is 5.69 Å². The third-order valence-electron chi connectivity index (χ3n) is 5.12. The predicted molar refractivity (Wildman–Crippen MR) is 117 cm³/mol. The number of amides is 1. The number of hydrogen-bond acceptors (Lipinski definition) is 5. The smallest absolute Gasteiger partial charge is 0.271 e. The number of fused-ring (bicyclic) bond motifs is 1. The molecular weight excluding hydrogens is 378 g/mol. The monoisotopic (exact) mass is 401 g/mol. The molecule has 0 saturated heterocycles. The molecular formula is C24H23N3O3. The number of anilines is 1. The van der Waals surface area contributed by atoms with Crippen molar-refractivity contribution in [1.29, 1.82) is 0 Å². The number of carbonyl (C=O) groups excluding carboxylic acids is 1. The average Bonchev–Trinajstić information content (AvgIpc) is 3.23. The molecule has 3 aromatic carbocycles. The number of hydrazone groups is 1. The lowest BCUT2D eigenvalue weighted by Crippen LogP contribution is -2.17. The maximum absolute atomic E-state index is 12.5. The number of nitrogens with zero attached hydrogens (tertiary/aromatic N) is 2. The number of methoxy groups -OCH3 is 2. The summed E-state index contributed by atoms with van der Waals surface area (Å²) in [7, 11) is 3.28. The van der Waals surface area contributed by atoms with Crippen LogP contribution in [0, 0.1) is 0 Å². The molecule has 152 valence electrons. The molecule has 6 nitrogen and oxygen atoms in total. The normalized spacial score (nSPS) is 12.7. The Morgan fingerprint density at radius 3 is 2.20 bits per heavy atom. The number of ether oxygens (including phenoxy) is 2. The fourth-order valence-electron chi connectivity index (χ4n) is 3.43. The summed E-state index contributed by atoms with van der Waals surface area (Å²) in [4.78, 5) is 14.8. The molecule has 0 fully saturated rings. The van der Waals surface area contributed by atoms with Gasteiger partial charge in [-0.25, -0.2) is 5.43 Å². The Labute approximate surface area is 175 Å². The van der Waals surface area contributed by atoms with E-state index in [0.29, 0.717) is 5.56 Å². The van der Waals surface area contributed by atoms with Crippen LogP contribution in [0.1, 0.15) is 27.0 Å². The van der Waals surface area contributed by atoms with Crippen LogP contribution in [0.2, 0.25) is 0 Å². The van der Waals surface area contributed by atoms with Gasteiger partial charge in [0.25, 0.3) is 5.91 Å². The molecule has 0 saturated carbocycles. The first-order chi connectivity index (χ1) is 14.7. The van der Waals surface area contributed by atoms with Gasteiger partial charge in [0.2, 0.25) is 0 Å². The van der Waals surface area contributed by atoms with E-state index in [-0.39, 0.29) is 5.91 Å². The lowest BCUT2D eigenvalue weighted by molar-refractivity contribution is 0.0955. The minimum Gasteiger partial charge on any atom is -0.497 e. The summed E-state index contributed by atoms with van der Waals surface area (Å²) >= 11 is 0. The fraction of sp³-hybridized carbons (Fsp3) is 0.167. The van der Waals surface area contributed by atoms with E-state index in [9.17, 15) is 4.79 Å². The zero-order valence-electron chi connectivity index (χ0n) is 17.0. The number of carbonyl (C=O) groups is 1. The number of nitrogens with one attached hydrogen (secondary N) is 1. The van der Waals surface area contributed by atoms with Gasteiger partial charge >= 0.3 is 0 Å². The summed E-state index contributed by atoms with van der Waals surface area (Å²) in [5, 5.41) is 4.06. The van der Waals surface area contributed by atoms with E-state index in [1.54, 1.807) is 20.4 Å². The summed E-state index contributed by atoms with van der Waals surface area (Å²) < 4.78 is 10.4. The van der Waals surface area contributed by atoms with Gasteiger partial charge in [0.1, 0.15) is 11.5 Å². The van der Waals surface area contributed by atoms with Crippen LogP contribution in [0.3, 0.4) is 0 Å². The van der Waals surface area contributed by atoms with Gasteiger partial charge in [0.05, 0.1) is 20.4 Å². The summed E-state index contributed by atoms with van der Waals surface area (Å²) in [5.74, 6) is 1.38. The second kappa shape index (κ2) is 8.69. The first-order valence-corrected chi connectivity index (χ1v) is 9.64. The molecule has 1 aliphatic heterocycles. The molecule has 0 unspecified atom stereocenters. The van der Waals surface area contributed by atoms with E-state index < -0.39 is 0 Å². The molecule has 3 aromatic rings. The van der Waals surface area contributed by atoms with Crippen LogP contribution < -0.4 is 19.8 Å². The van der Waals surface area contributed by atoms with Crippen LogP contribution >= 0.6 is 0 Å². The molecule has 0 bridgehead atoms. The SMILES string of the molecule is COc1ccc(/C=N/NC(=O)c2ccc3c(c2)CN(c2ccc(OC)cc2)C3)cc1. The number of hydrogen-bond donors (Lipinski definition) is 1. The Balaban J connectivity index is 1.39. The van der Waals surface area contributed by atoms with E-state index in [1.165, 1.54) is 5.56 Å². The largest absolute Gasteiger partial charge is 0.497 e. The van der Waals surface area contributed by atoms with E-state index >= 15 is 0 Å². The second-order valence-electron chi connectivity index (χ2n) is 7.01. The maximum atomic E-state index is 12.5. The highest BCUT2D eigenvalue weighted by atomic mass is 16.5. The van der Waals surface area contributed by atoms with Crippen molar-refractivity contribution < 1.29 is 14.3 Å². The molecule has 1 amide bonds. The zero-order chi connectivity index (χ0) is 20.9. The van der Waals surface area contributed by atoms with Gasteiger partial charge in [0, 0.05) is 24.3 Å². The molecule has 0 spiro atoms. The Morgan fingerprint density at radius 1 is 0.900 bits per heavy atom. The minimum atomic E-state index is -0.231. The highest BCUT2D eigenvalue weighted by Crippen LogP contribution is 2.30. The van der Waals surface area contributed by atoms with Crippen molar-refractivity contribution in [3.63, 3.8) is 0 Å². The number of benzene rings is 3. The van der Waals surface area contributed by atoms with E-state index in [1.807, 2.05) is 66.7 Å². The second-order valence-corrected chi connectivity index (χ2v) is 7.01. The van der Waals surface area contributed by atoms with Gasteiger partial charge in [-0.3, -0.25) is 4.79 Å². The van der Waals surface area contributed by atoms with Gasteiger partial charge in [-0.1, -0.05) is 6.07 Å². The van der Waals surface area contributed by atoms with Crippen molar-refractivity contribution in [3.8, 4) is 11.5 Å². The average molecular weight is 401 g/mol. The Bertz CT molecular complexity index is 1060. The topological polar surface area (TPSA) is 63.2 Å². The maximum Gasteiger partial charge on any atom is 0.271 e. The zero-order valence-corrected chi connectivity index (χ0v) is 17.0. The van der Waals surface area contributed by atoms with Crippen LogP contribution in [0.25, 0.3) is 0 Å². The van der Waals surface area contributed by atoms with Crippen molar-refractivity contribution >= 4 is 17.8 Å². The van der Waals surface area contributed by atoms with Gasteiger partial charge in [-0.15, -0.1) is 0 Å². The molecule has 0 radical (unpaired) electrons. The summed E-state index contributed by atoms with van der Waals surface area (Å²) in [6, 6.07) is 21.2. The fourth-order valence-corrected chi connectivity index (χ4v) is 3.43. The summed E-state index contributed by atoms with van der Waals surface area (Å²) in [5.41, 5.74) is 7.57. The van der Waals surface area contributed by atoms with Crippen molar-refractivity contribution in [2.45, 2.75) is 13.1 Å². The van der Waals surface area contributed by atoms with Crippen LogP contribution in [-0.4, -0.2) is 26.3 Å². The lowest BCUT2D eigenvalue weighted by Gasteiger charge is -2.17. The standard InChI is InChI=1S/C24H23N3O3/c1-29-22-9-3-17(4-10-22)14-25-26-24(28)18-5-6-19-15-27(16-20(19)13-18)21-7-11-23(30-2)12-8-21/h3-14H,15-16H2,1-2H3,(H,26,28)/b25-14+. The van der Waals surface area contributed by atoms with Crippen molar-refractivity contribution in [3.05, 3.63) is 89.0 Å². The molecule has 0 atom stereocenters. The minimum absolute atomic E-state index is 0.231. The highest BCUT2D eigenvalue weighted by molar-refractivity contribution is 5.95. The number of rotatable bonds is 6. The first-order valence-electron chi connectivity index (χ1n) is 9.64. The Morgan fingerprint density at radius 2 is 1.53 bits per heavy atom. The first kappa shape index (κ1) is 19.5. The van der Waals surface area contributed by atoms with Crippen LogP contribution in [-0.2, 0) is 13.1 Å². The van der Waals surface area contributed by atoms with Crippen LogP contribution in [0.15, 0.2) is 71.8 Å². The van der Waals surface area contributed by atoms with Crippen molar-refractivity contribution in [2.24, 2.45) is 5.10 Å². The predicted octanol–water partition coefficient (Wildman–Crippen LogP) is 3.99. The Hall–Kier alpha value is -3.80. The summed E-state index contributed by atoms with van der Waals surface area (Å²) in [6.45, 7) is 1.58. The quantitative estimate of drug-likeness (QED) is 0.501. The van der Waals surface area contributed by atoms with Crippen molar-refractivity contribution in [1.82, 2.24) is 5.43 Å². The third kappa shape index (κ3) is 4.27. The molecule has 4 rings (SSSR count). The molecule has 0 aromatic heterocycles. The van der Waals surface area contributed by atoms with E-state index in [2.05, 4.69) is 15.4 Å². The van der Waals surface area contributed by atoms with Gasteiger partial charge in [-0.05, 0) is 77.4 Å². The molecule has 1 heterocycles. The molecule has 30 heavy (non-hydrogen) atoms. The third-order valence-corrected chi connectivity index (χ3v) is 5.12. The van der Waals surface area contributed by atoms with Crippen molar-refractivity contribution in [2.75, 3.05) is 19.1 Å². The molecule has 1 aliphatic rings. The van der Waals surface area contributed by atoms with E-state index in [0.717, 1.165) is 41.4 Å². The molecule has 1 N–H and O–H groups in total.